The Hall–Kier alpha value is -2.68. The number of methoxy groups -OCH3 is 1. The largest absolute Gasteiger partial charge is 0.481 e. The zero-order valence-electron chi connectivity index (χ0n) is 15.3. The van der Waals surface area contributed by atoms with Crippen LogP contribution in [0.5, 0.6) is 0 Å². The molecule has 0 saturated heterocycles. The van der Waals surface area contributed by atoms with Gasteiger partial charge in [-0.25, -0.2) is 0 Å². The molecule has 0 aliphatic heterocycles. The Balaban J connectivity index is 1.77. The van der Waals surface area contributed by atoms with Crippen LogP contribution < -0.4 is 10.6 Å². The molecule has 2 bridgehead atoms. The lowest BCUT2D eigenvalue weighted by Gasteiger charge is -2.23. The van der Waals surface area contributed by atoms with Crippen LogP contribution in [0.3, 0.4) is 0 Å². The number of fused-ring (bicyclic) bond motifs is 2. The van der Waals surface area contributed by atoms with Crippen LogP contribution in [0.25, 0.3) is 0 Å². The molecule has 0 radical (unpaired) electrons. The molecule has 27 heavy (non-hydrogen) atoms. The average molecular weight is 376 g/mol. The van der Waals surface area contributed by atoms with Crippen LogP contribution in [-0.2, 0) is 20.9 Å². The highest BCUT2D eigenvalue weighted by Crippen LogP contribution is 2.48. The monoisotopic (exact) mass is 376 g/mol. The first-order valence-electron chi connectivity index (χ1n) is 9.02. The maximum absolute atomic E-state index is 12.9. The molecule has 1 saturated carbocycles. The Morgan fingerprint density at radius 1 is 1.30 bits per heavy atom. The Kier molecular flexibility index (Phi) is 5.59. The molecule has 1 fully saturated rings. The molecule has 9 nitrogen and oxygen atoms in total. The fraction of sp³-hybridized carbons (Fsp3) is 0.556. The number of rotatable bonds is 8. The second-order valence-electron chi connectivity index (χ2n) is 6.82. The van der Waals surface area contributed by atoms with E-state index in [1.165, 1.54) is 7.11 Å². The van der Waals surface area contributed by atoms with E-state index < -0.39 is 23.7 Å². The third-order valence-electron chi connectivity index (χ3n) is 5.20. The van der Waals surface area contributed by atoms with Crippen molar-refractivity contribution in [3.05, 3.63) is 24.0 Å². The van der Waals surface area contributed by atoms with Gasteiger partial charge in [0.25, 0.3) is 5.91 Å². The van der Waals surface area contributed by atoms with Crippen LogP contribution in [0, 0.1) is 23.7 Å². The first-order valence-corrected chi connectivity index (χ1v) is 9.02. The van der Waals surface area contributed by atoms with Crippen molar-refractivity contribution in [1.82, 2.24) is 15.1 Å². The predicted octanol–water partition coefficient (Wildman–Crippen LogP) is 0.741. The van der Waals surface area contributed by atoms with E-state index in [0.717, 1.165) is 0 Å². The minimum Gasteiger partial charge on any atom is -0.481 e. The molecule has 0 aromatic carbocycles. The molecule has 146 valence electrons. The SMILES string of the molecule is CCn1cc(NC(=O)[C@H]2[C@@H](C(=O)O)[C@H]3C=C[C@H]2C3)c(C(=O)NCCOC)n1. The third-order valence-corrected chi connectivity index (χ3v) is 5.20. The summed E-state index contributed by atoms with van der Waals surface area (Å²) in [6.07, 6.45) is 6.06. The Morgan fingerprint density at radius 3 is 2.63 bits per heavy atom. The summed E-state index contributed by atoms with van der Waals surface area (Å²) in [7, 11) is 1.53. The number of carbonyl (C=O) groups excluding carboxylic acids is 2. The molecule has 0 spiro atoms. The van der Waals surface area contributed by atoms with Gasteiger partial charge in [-0.15, -0.1) is 0 Å². The summed E-state index contributed by atoms with van der Waals surface area (Å²) in [5.74, 6) is -3.35. The van der Waals surface area contributed by atoms with Gasteiger partial charge in [0.05, 0.1) is 24.1 Å². The summed E-state index contributed by atoms with van der Waals surface area (Å²) in [4.78, 5) is 36.9. The van der Waals surface area contributed by atoms with E-state index in [-0.39, 0.29) is 29.1 Å². The van der Waals surface area contributed by atoms with E-state index in [0.29, 0.717) is 26.1 Å². The third kappa shape index (κ3) is 3.73. The Bertz CT molecular complexity index is 772. The van der Waals surface area contributed by atoms with Crippen LogP contribution in [0.4, 0.5) is 5.69 Å². The Labute approximate surface area is 156 Å². The van der Waals surface area contributed by atoms with Crippen LogP contribution in [0.1, 0.15) is 23.8 Å². The molecule has 3 N–H and O–H groups in total. The number of aliphatic carboxylic acids is 1. The topological polar surface area (TPSA) is 123 Å². The molecule has 3 rings (SSSR count). The second-order valence-corrected chi connectivity index (χ2v) is 6.82. The Morgan fingerprint density at radius 2 is 2.00 bits per heavy atom. The first-order chi connectivity index (χ1) is 13.0. The molecular formula is C18H24N4O5. The zero-order valence-corrected chi connectivity index (χ0v) is 15.3. The summed E-state index contributed by atoms with van der Waals surface area (Å²) in [6.45, 7) is 3.08. The van der Waals surface area contributed by atoms with Crippen molar-refractivity contribution in [2.24, 2.45) is 23.7 Å². The van der Waals surface area contributed by atoms with E-state index in [9.17, 15) is 19.5 Å². The molecule has 9 heteroatoms. The zero-order chi connectivity index (χ0) is 19.6. The fourth-order valence-corrected chi connectivity index (χ4v) is 3.93. The molecule has 1 aromatic heterocycles. The fourth-order valence-electron chi connectivity index (χ4n) is 3.93. The van der Waals surface area contributed by atoms with Gasteiger partial charge in [-0.3, -0.25) is 19.1 Å². The van der Waals surface area contributed by atoms with E-state index in [2.05, 4.69) is 15.7 Å². The number of carboxylic acid groups (broad SMARTS) is 1. The predicted molar refractivity (Wildman–Crippen MR) is 96.1 cm³/mol. The average Bonchev–Trinajstić information content (AvgIpc) is 3.35. The van der Waals surface area contributed by atoms with Gasteiger partial charge in [-0.1, -0.05) is 12.2 Å². The highest BCUT2D eigenvalue weighted by molar-refractivity contribution is 6.03. The minimum absolute atomic E-state index is 0.0868. The van der Waals surface area contributed by atoms with Crippen LogP contribution in [0.15, 0.2) is 18.3 Å². The van der Waals surface area contributed by atoms with Crippen molar-refractivity contribution in [3.8, 4) is 0 Å². The number of carboxylic acids is 1. The van der Waals surface area contributed by atoms with Gasteiger partial charge in [0.1, 0.15) is 0 Å². The first kappa shape index (κ1) is 19.1. The van der Waals surface area contributed by atoms with Crippen molar-refractivity contribution in [3.63, 3.8) is 0 Å². The molecule has 2 aliphatic carbocycles. The van der Waals surface area contributed by atoms with Crippen LogP contribution in [0.2, 0.25) is 0 Å². The summed E-state index contributed by atoms with van der Waals surface area (Å²) in [5.41, 5.74) is 0.388. The summed E-state index contributed by atoms with van der Waals surface area (Å²) in [6, 6.07) is 0. The van der Waals surface area contributed by atoms with Gasteiger partial charge in [-0.2, -0.15) is 5.10 Å². The maximum atomic E-state index is 12.9. The van der Waals surface area contributed by atoms with E-state index in [1.54, 1.807) is 10.9 Å². The molecule has 2 amide bonds. The molecule has 2 aliphatic rings. The van der Waals surface area contributed by atoms with E-state index >= 15 is 0 Å². The lowest BCUT2D eigenvalue weighted by atomic mass is 9.82. The number of aryl methyl sites for hydroxylation is 1. The molecular weight excluding hydrogens is 352 g/mol. The van der Waals surface area contributed by atoms with Crippen LogP contribution in [-0.4, -0.2) is 52.9 Å². The van der Waals surface area contributed by atoms with Gasteiger partial charge in [0, 0.05) is 26.4 Å². The highest BCUT2D eigenvalue weighted by Gasteiger charge is 2.51. The number of nitrogens with one attached hydrogen (secondary N) is 2. The van der Waals surface area contributed by atoms with Crippen molar-refractivity contribution < 1.29 is 24.2 Å². The van der Waals surface area contributed by atoms with E-state index in [1.807, 2.05) is 19.1 Å². The quantitative estimate of drug-likeness (QED) is 0.454. The smallest absolute Gasteiger partial charge is 0.307 e. The lowest BCUT2D eigenvalue weighted by Crippen LogP contribution is -2.37. The summed E-state index contributed by atoms with van der Waals surface area (Å²) < 4.78 is 6.46. The highest BCUT2D eigenvalue weighted by atomic mass is 16.5. The van der Waals surface area contributed by atoms with Gasteiger partial charge in [0.2, 0.25) is 5.91 Å². The lowest BCUT2D eigenvalue weighted by molar-refractivity contribution is -0.146. The number of allylic oxidation sites excluding steroid dienone is 2. The number of ether oxygens (including phenoxy) is 1. The van der Waals surface area contributed by atoms with Crippen molar-refractivity contribution >= 4 is 23.5 Å². The molecule has 1 heterocycles. The van der Waals surface area contributed by atoms with Gasteiger partial charge in [0.15, 0.2) is 5.69 Å². The number of hydrogen-bond acceptors (Lipinski definition) is 5. The van der Waals surface area contributed by atoms with E-state index in [4.69, 9.17) is 4.74 Å². The number of anilines is 1. The normalized spacial score (nSPS) is 25.6. The number of carbonyl (C=O) groups is 3. The van der Waals surface area contributed by atoms with Crippen molar-refractivity contribution in [1.29, 1.82) is 0 Å². The molecule has 0 unspecified atom stereocenters. The summed E-state index contributed by atoms with van der Waals surface area (Å²) in [5, 5.41) is 19.1. The summed E-state index contributed by atoms with van der Waals surface area (Å²) >= 11 is 0. The number of amides is 2. The minimum atomic E-state index is -0.964. The van der Waals surface area contributed by atoms with Gasteiger partial charge >= 0.3 is 5.97 Å². The maximum Gasteiger partial charge on any atom is 0.307 e. The van der Waals surface area contributed by atoms with Crippen molar-refractivity contribution in [2.75, 3.05) is 25.6 Å². The molecule has 1 aromatic rings. The van der Waals surface area contributed by atoms with Crippen LogP contribution >= 0.6 is 0 Å². The number of hydrogen-bond donors (Lipinski definition) is 3. The van der Waals surface area contributed by atoms with Crippen molar-refractivity contribution in [2.45, 2.75) is 19.9 Å². The van der Waals surface area contributed by atoms with Gasteiger partial charge < -0.3 is 20.5 Å². The number of aromatic nitrogens is 2. The second kappa shape index (κ2) is 7.91. The standard InChI is InChI=1S/C18H24N4O5/c1-3-22-9-12(15(21-22)17(24)19-6-7-27-2)20-16(23)13-10-4-5-11(8-10)14(13)18(25)26/h4-5,9-11,13-14H,3,6-8H2,1-2H3,(H,19,24)(H,20,23)(H,25,26)/t10-,11-,13+,14-/m0/s1. The molecule has 4 atom stereocenters. The number of nitrogens with zero attached hydrogens (tertiary/aromatic N) is 2. The van der Waals surface area contributed by atoms with Gasteiger partial charge in [-0.05, 0) is 25.2 Å².